The molecule has 0 rings (SSSR count). The molecule has 0 saturated heterocycles. The normalized spacial score (nSPS) is 19.8. The Morgan fingerprint density at radius 1 is 1.29 bits per heavy atom. The molecular weight excluding hydrogens is 180 g/mol. The molecule has 0 heterocycles. The highest BCUT2D eigenvalue weighted by Crippen LogP contribution is 2.19. The lowest BCUT2D eigenvalue weighted by molar-refractivity contribution is -0.0215. The lowest BCUT2D eigenvalue weighted by Gasteiger charge is -2.27. The molecule has 0 saturated carbocycles. The van der Waals surface area contributed by atoms with Crippen LogP contribution in [-0.4, -0.2) is 34.1 Å². The average Bonchev–Trinajstić information content (AvgIpc) is 2.22. The third-order valence-electron chi connectivity index (χ3n) is 2.68. The van der Waals surface area contributed by atoms with Crippen molar-refractivity contribution in [3.8, 4) is 0 Å². The van der Waals surface area contributed by atoms with Crippen LogP contribution in [0.3, 0.4) is 0 Å². The zero-order valence-corrected chi connectivity index (χ0v) is 9.06. The smallest absolute Gasteiger partial charge is 0.0637 e. The molecule has 0 amide bonds. The van der Waals surface area contributed by atoms with Gasteiger partial charge < -0.3 is 15.3 Å². The Labute approximate surface area is 86.1 Å². The lowest BCUT2D eigenvalue weighted by Crippen LogP contribution is -2.35. The van der Waals surface area contributed by atoms with E-state index in [2.05, 4.69) is 6.58 Å². The van der Waals surface area contributed by atoms with Gasteiger partial charge in [0, 0.05) is 18.4 Å². The first-order chi connectivity index (χ1) is 6.54. The van der Waals surface area contributed by atoms with Crippen molar-refractivity contribution in [2.24, 2.45) is 11.8 Å². The van der Waals surface area contributed by atoms with Gasteiger partial charge in [0.1, 0.15) is 0 Å². The summed E-state index contributed by atoms with van der Waals surface area (Å²) >= 11 is 0. The molecule has 3 N–H and O–H groups in total. The summed E-state index contributed by atoms with van der Waals surface area (Å²) in [6.07, 6.45) is 1.92. The number of aliphatic hydroxyl groups excluding tert-OH is 3. The summed E-state index contributed by atoms with van der Waals surface area (Å²) in [4.78, 5) is 0. The van der Waals surface area contributed by atoms with Gasteiger partial charge in [-0.2, -0.15) is 0 Å². The maximum atomic E-state index is 9.71. The summed E-state index contributed by atoms with van der Waals surface area (Å²) in [6, 6.07) is 0. The second-order valence-electron chi connectivity index (χ2n) is 3.94. The molecule has 0 bridgehead atoms. The van der Waals surface area contributed by atoms with Crippen LogP contribution in [0.15, 0.2) is 12.7 Å². The zero-order valence-electron chi connectivity index (χ0n) is 9.06. The highest BCUT2D eigenvalue weighted by molar-refractivity contribution is 4.78. The molecule has 0 fully saturated rings. The maximum Gasteiger partial charge on any atom is 0.0637 e. The van der Waals surface area contributed by atoms with E-state index in [1.165, 1.54) is 0 Å². The van der Waals surface area contributed by atoms with Crippen LogP contribution in [0.25, 0.3) is 0 Å². The first kappa shape index (κ1) is 13.6. The van der Waals surface area contributed by atoms with Crippen molar-refractivity contribution in [1.82, 2.24) is 0 Å². The van der Waals surface area contributed by atoms with Gasteiger partial charge in [0.25, 0.3) is 0 Å². The van der Waals surface area contributed by atoms with E-state index in [4.69, 9.17) is 5.11 Å². The number of rotatable bonds is 7. The summed E-state index contributed by atoms with van der Waals surface area (Å²) in [5.41, 5.74) is 0. The quantitative estimate of drug-likeness (QED) is 0.538. The maximum absolute atomic E-state index is 9.71. The van der Waals surface area contributed by atoms with Crippen LogP contribution < -0.4 is 0 Å². The molecule has 0 spiro atoms. The molecule has 0 aromatic heterocycles. The van der Waals surface area contributed by atoms with Crippen molar-refractivity contribution in [3.05, 3.63) is 12.7 Å². The molecule has 0 aliphatic heterocycles. The lowest BCUT2D eigenvalue weighted by atomic mass is 9.88. The van der Waals surface area contributed by atoms with Gasteiger partial charge in [0.05, 0.1) is 12.2 Å². The van der Waals surface area contributed by atoms with Crippen LogP contribution in [0.1, 0.15) is 26.7 Å². The average molecular weight is 202 g/mol. The molecule has 0 aromatic rings. The molecule has 0 aromatic carbocycles. The van der Waals surface area contributed by atoms with Gasteiger partial charge >= 0.3 is 0 Å². The van der Waals surface area contributed by atoms with Crippen molar-refractivity contribution in [2.45, 2.75) is 38.9 Å². The van der Waals surface area contributed by atoms with Gasteiger partial charge in [0.2, 0.25) is 0 Å². The SMILES string of the molecule is C=CCC[C@@H](O)[C@H](C)[C@H](O)[C@H](C)CO. The molecule has 3 nitrogen and oxygen atoms in total. The topological polar surface area (TPSA) is 60.7 Å². The minimum atomic E-state index is -0.653. The van der Waals surface area contributed by atoms with Crippen LogP contribution in [0, 0.1) is 11.8 Å². The van der Waals surface area contributed by atoms with E-state index in [1.807, 2.05) is 0 Å². The van der Waals surface area contributed by atoms with Crippen LogP contribution in [0.5, 0.6) is 0 Å². The second kappa shape index (κ2) is 6.98. The van der Waals surface area contributed by atoms with Gasteiger partial charge in [-0.1, -0.05) is 19.9 Å². The summed E-state index contributed by atoms with van der Waals surface area (Å²) in [5, 5.41) is 28.2. The summed E-state index contributed by atoms with van der Waals surface area (Å²) in [6.45, 7) is 7.08. The van der Waals surface area contributed by atoms with E-state index in [0.29, 0.717) is 6.42 Å². The van der Waals surface area contributed by atoms with Crippen molar-refractivity contribution >= 4 is 0 Å². The van der Waals surface area contributed by atoms with E-state index in [-0.39, 0.29) is 18.4 Å². The first-order valence-electron chi connectivity index (χ1n) is 5.12. The second-order valence-corrected chi connectivity index (χ2v) is 3.94. The predicted molar refractivity (Wildman–Crippen MR) is 56.9 cm³/mol. The van der Waals surface area contributed by atoms with Gasteiger partial charge in [-0.25, -0.2) is 0 Å². The third kappa shape index (κ3) is 4.22. The Morgan fingerprint density at radius 3 is 2.29 bits per heavy atom. The number of allylic oxidation sites excluding steroid dienone is 1. The van der Waals surface area contributed by atoms with Gasteiger partial charge in [-0.15, -0.1) is 6.58 Å². The van der Waals surface area contributed by atoms with E-state index in [0.717, 1.165) is 6.42 Å². The fourth-order valence-corrected chi connectivity index (χ4v) is 1.41. The first-order valence-corrected chi connectivity index (χ1v) is 5.12. The van der Waals surface area contributed by atoms with Crippen LogP contribution in [0.2, 0.25) is 0 Å². The van der Waals surface area contributed by atoms with Crippen LogP contribution >= 0.6 is 0 Å². The Balaban J connectivity index is 4.01. The van der Waals surface area contributed by atoms with Crippen LogP contribution in [-0.2, 0) is 0 Å². The van der Waals surface area contributed by atoms with Crippen molar-refractivity contribution in [2.75, 3.05) is 6.61 Å². The molecule has 84 valence electrons. The van der Waals surface area contributed by atoms with E-state index >= 15 is 0 Å². The standard InChI is InChI=1S/C11H22O3/c1-4-5-6-10(13)9(3)11(14)8(2)7-12/h4,8-14H,1,5-7H2,2-3H3/t8-,9+,10-,11-/m1/s1. The van der Waals surface area contributed by atoms with Crippen LogP contribution in [0.4, 0.5) is 0 Å². The molecule has 0 unspecified atom stereocenters. The van der Waals surface area contributed by atoms with Crippen molar-refractivity contribution in [1.29, 1.82) is 0 Å². The Kier molecular flexibility index (Phi) is 6.79. The Morgan fingerprint density at radius 2 is 1.86 bits per heavy atom. The monoisotopic (exact) mass is 202 g/mol. The fraction of sp³-hybridized carbons (Fsp3) is 0.818. The molecule has 3 heteroatoms. The molecule has 0 aliphatic rings. The fourth-order valence-electron chi connectivity index (χ4n) is 1.41. The summed E-state index contributed by atoms with van der Waals surface area (Å²) in [5.74, 6) is -0.402. The highest BCUT2D eigenvalue weighted by Gasteiger charge is 2.25. The van der Waals surface area contributed by atoms with Crippen molar-refractivity contribution in [3.63, 3.8) is 0 Å². The third-order valence-corrected chi connectivity index (χ3v) is 2.68. The highest BCUT2D eigenvalue weighted by atomic mass is 16.3. The number of aliphatic hydroxyl groups is 3. The number of hydrogen-bond acceptors (Lipinski definition) is 3. The molecular formula is C11H22O3. The zero-order chi connectivity index (χ0) is 11.1. The summed E-state index contributed by atoms with van der Waals surface area (Å²) in [7, 11) is 0. The molecule has 14 heavy (non-hydrogen) atoms. The van der Waals surface area contributed by atoms with Gasteiger partial charge in [-0.05, 0) is 12.8 Å². The van der Waals surface area contributed by atoms with E-state index < -0.39 is 12.2 Å². The minimum absolute atomic E-state index is 0.0559. The van der Waals surface area contributed by atoms with E-state index in [1.54, 1.807) is 19.9 Å². The molecule has 0 aliphatic carbocycles. The molecule has 4 atom stereocenters. The summed E-state index contributed by atoms with van der Waals surface area (Å²) < 4.78 is 0. The molecule has 0 radical (unpaired) electrons. The van der Waals surface area contributed by atoms with Gasteiger partial charge in [-0.3, -0.25) is 0 Å². The Hall–Kier alpha value is -0.380. The number of hydrogen-bond donors (Lipinski definition) is 3. The Bertz CT molecular complexity index is 159. The minimum Gasteiger partial charge on any atom is -0.396 e. The van der Waals surface area contributed by atoms with E-state index in [9.17, 15) is 10.2 Å². The predicted octanol–water partition coefficient (Wildman–Crippen LogP) is 0.939. The largest absolute Gasteiger partial charge is 0.396 e. The van der Waals surface area contributed by atoms with Crippen molar-refractivity contribution < 1.29 is 15.3 Å². The van der Waals surface area contributed by atoms with Gasteiger partial charge in [0.15, 0.2) is 0 Å².